The molecular formula is C20H24N10O10P2S2. The number of aromatic nitrogens is 8. The van der Waals surface area contributed by atoms with Gasteiger partial charge in [0.25, 0.3) is 0 Å². The van der Waals surface area contributed by atoms with Crippen LogP contribution < -0.4 is 11.5 Å². The molecule has 4 aromatic heterocycles. The van der Waals surface area contributed by atoms with Crippen LogP contribution in [0.2, 0.25) is 0 Å². The van der Waals surface area contributed by atoms with Gasteiger partial charge in [0.15, 0.2) is 34.9 Å². The number of ether oxygens (including phenoxy) is 2. The topological polar surface area (TPSA) is 269 Å². The molecule has 24 heteroatoms. The number of aliphatic hydroxyl groups is 2. The molecule has 6 N–H and O–H groups in total. The standard InChI is InChI=1S/C20H24N10O10P2S2/c21-15-10-17(25-4-23-15)29(6-27-10)19-12(31)13-8(1-35-19)38-42(34,44)40-14-9(2-37-41(33,43)39-13)36-3-20(14,32)30-7-28-11-16(22)24-5-26-18(11)30/h4-9,12-14,19,31-32H,1-3H2,(H,33,43)(H,34,44)(H2,21,23,25)(H2,22,24,26)/t8-,9+,12?,13?,14?,19-,20?,41-,42+/m1/s1. The van der Waals surface area contributed by atoms with E-state index in [-0.39, 0.29) is 40.6 Å². The largest absolute Gasteiger partial charge is 0.387 e. The quantitative estimate of drug-likeness (QED) is 0.120. The summed E-state index contributed by atoms with van der Waals surface area (Å²) in [4.78, 5) is 24.4. The highest BCUT2D eigenvalue weighted by Gasteiger charge is 2.57. The first-order chi connectivity index (χ1) is 20.9. The Balaban J connectivity index is 1.22. The molecule has 236 valence electrons. The molecule has 3 fully saturated rings. The fourth-order valence-electron chi connectivity index (χ4n) is 5.31. The van der Waals surface area contributed by atoms with Crippen LogP contribution in [0.25, 0.3) is 22.3 Å². The maximum atomic E-state index is 13.8. The molecule has 4 aromatic rings. The minimum absolute atomic E-state index is 0.0516. The molecule has 0 bridgehead atoms. The molecule has 9 atom stereocenters. The molecule has 0 spiro atoms. The fraction of sp³-hybridized carbons (Fsp3) is 0.500. The van der Waals surface area contributed by atoms with Crippen molar-refractivity contribution < 1.29 is 46.9 Å². The van der Waals surface area contributed by atoms with Crippen LogP contribution in [-0.4, -0.2) is 99.6 Å². The van der Waals surface area contributed by atoms with Gasteiger partial charge in [0.05, 0.1) is 32.5 Å². The number of nitrogens with two attached hydrogens (primary N) is 2. The molecule has 0 aliphatic carbocycles. The number of hydrogen-bond donors (Lipinski definition) is 6. The van der Waals surface area contributed by atoms with E-state index in [0.29, 0.717) is 0 Å². The summed E-state index contributed by atoms with van der Waals surface area (Å²) >= 11 is 8.21. The number of fused-ring (bicyclic) bond motifs is 4. The molecule has 3 aliphatic heterocycles. The van der Waals surface area contributed by atoms with Crippen LogP contribution in [0.1, 0.15) is 6.23 Å². The average molecular weight is 691 g/mol. The van der Waals surface area contributed by atoms with Gasteiger partial charge in [0, 0.05) is 0 Å². The van der Waals surface area contributed by atoms with Crippen molar-refractivity contribution in [2.45, 2.75) is 42.5 Å². The second-order valence-corrected chi connectivity index (χ2v) is 15.7. The van der Waals surface area contributed by atoms with E-state index in [4.69, 9.17) is 39.0 Å². The minimum Gasteiger partial charge on any atom is -0.386 e. The highest BCUT2D eigenvalue weighted by atomic mass is 32.7. The number of hydrogen-bond acceptors (Lipinski definition) is 18. The molecule has 4 unspecified atom stereocenters. The third-order valence-electron chi connectivity index (χ3n) is 7.34. The highest BCUT2D eigenvalue weighted by Crippen LogP contribution is 2.62. The second-order valence-electron chi connectivity index (χ2n) is 10.0. The summed E-state index contributed by atoms with van der Waals surface area (Å²) < 4.78 is 64.0. The lowest BCUT2D eigenvalue weighted by atomic mass is 10.0. The number of aliphatic hydroxyl groups excluding tert-OH is 1. The first-order valence-electron chi connectivity index (χ1n) is 12.7. The molecule has 0 amide bonds. The predicted octanol–water partition coefficient (Wildman–Crippen LogP) is 0.0258. The number of imidazole rings is 2. The Morgan fingerprint density at radius 2 is 1.55 bits per heavy atom. The van der Waals surface area contributed by atoms with Crippen LogP contribution >= 0.6 is 38.1 Å². The average Bonchev–Trinajstić information content (AvgIpc) is 3.67. The molecule has 7 heterocycles. The molecular weight excluding hydrogens is 666 g/mol. The van der Waals surface area contributed by atoms with E-state index in [1.165, 1.54) is 34.4 Å². The molecule has 0 aromatic carbocycles. The number of anilines is 2. The van der Waals surface area contributed by atoms with Crippen LogP contribution in [-0.2, 0) is 42.4 Å². The minimum atomic E-state index is -4.46. The molecule has 7 rings (SSSR count). The first kappa shape index (κ1) is 30.2. The molecule has 20 nitrogen and oxygen atoms in total. The van der Waals surface area contributed by atoms with Crippen molar-refractivity contribution >= 4 is 72.1 Å². The second kappa shape index (κ2) is 10.8. The normalized spacial score (nSPS) is 38.3. The SMILES string of the molecule is Nc1ncnc2c1ncn2[C@@H]1OC[C@H]2O[P@](=O)(S)OC3[C@H](CO[P@@](=O)(S)OC2C1O)OCC3(O)n1cnc2c(N)ncnc21. The maximum absolute atomic E-state index is 13.8. The Morgan fingerprint density at radius 3 is 2.30 bits per heavy atom. The van der Waals surface area contributed by atoms with Gasteiger partial charge >= 0.3 is 13.6 Å². The van der Waals surface area contributed by atoms with Crippen molar-refractivity contribution in [3.63, 3.8) is 0 Å². The van der Waals surface area contributed by atoms with Gasteiger partial charge < -0.3 is 31.2 Å². The highest BCUT2D eigenvalue weighted by molar-refractivity contribution is 8.44. The van der Waals surface area contributed by atoms with Gasteiger partial charge in [-0.05, 0) is 0 Å². The fourth-order valence-corrected chi connectivity index (χ4v) is 8.63. The zero-order valence-corrected chi connectivity index (χ0v) is 25.7. The van der Waals surface area contributed by atoms with Gasteiger partial charge in [-0.25, -0.2) is 39.0 Å². The van der Waals surface area contributed by atoms with Crippen molar-refractivity contribution in [3.8, 4) is 0 Å². The maximum Gasteiger partial charge on any atom is 0.387 e. The van der Waals surface area contributed by atoms with E-state index in [9.17, 15) is 19.3 Å². The molecule has 3 saturated heterocycles. The van der Waals surface area contributed by atoms with Crippen LogP contribution in [0.15, 0.2) is 25.3 Å². The Hall–Kier alpha value is -2.46. The number of nitrogens with zero attached hydrogens (tertiary/aromatic N) is 8. The van der Waals surface area contributed by atoms with Crippen LogP contribution in [0.3, 0.4) is 0 Å². The summed E-state index contributed by atoms with van der Waals surface area (Å²) in [7, 11) is 0. The summed E-state index contributed by atoms with van der Waals surface area (Å²) in [5.74, 6) is 0.149. The predicted molar refractivity (Wildman–Crippen MR) is 154 cm³/mol. The van der Waals surface area contributed by atoms with E-state index in [1.807, 2.05) is 0 Å². The van der Waals surface area contributed by atoms with E-state index < -0.39 is 69.3 Å². The van der Waals surface area contributed by atoms with Gasteiger partial charge in [-0.15, -0.1) is 0 Å². The summed E-state index contributed by atoms with van der Waals surface area (Å²) in [6, 6.07) is 0. The smallest absolute Gasteiger partial charge is 0.386 e. The number of nitrogen functional groups attached to an aromatic ring is 2. The van der Waals surface area contributed by atoms with Crippen molar-refractivity contribution in [1.82, 2.24) is 39.0 Å². The third-order valence-corrected chi connectivity index (χ3v) is 10.6. The van der Waals surface area contributed by atoms with E-state index in [0.717, 1.165) is 0 Å². The van der Waals surface area contributed by atoms with Gasteiger partial charge in [0.1, 0.15) is 54.2 Å². The molecule has 0 radical (unpaired) electrons. The van der Waals surface area contributed by atoms with Gasteiger partial charge in [-0.1, -0.05) is 24.5 Å². The lowest BCUT2D eigenvalue weighted by molar-refractivity contribution is -0.199. The lowest BCUT2D eigenvalue weighted by Crippen LogP contribution is -2.52. The van der Waals surface area contributed by atoms with Crippen molar-refractivity contribution in [1.29, 1.82) is 0 Å². The van der Waals surface area contributed by atoms with Crippen LogP contribution in [0, 0.1) is 0 Å². The third kappa shape index (κ3) is 5.08. The van der Waals surface area contributed by atoms with Crippen molar-refractivity contribution in [3.05, 3.63) is 25.3 Å². The van der Waals surface area contributed by atoms with Gasteiger partial charge in [-0.2, -0.15) is 0 Å². The summed E-state index contributed by atoms with van der Waals surface area (Å²) in [6.45, 7) is -10.1. The van der Waals surface area contributed by atoms with Crippen LogP contribution in [0.4, 0.5) is 11.6 Å². The Bertz CT molecular complexity index is 1850. The Morgan fingerprint density at radius 1 is 0.864 bits per heavy atom. The zero-order chi connectivity index (χ0) is 31.0. The van der Waals surface area contributed by atoms with Gasteiger partial charge in [0.2, 0.25) is 0 Å². The van der Waals surface area contributed by atoms with Crippen LogP contribution in [0.5, 0.6) is 0 Å². The molecule has 44 heavy (non-hydrogen) atoms. The Kier molecular flexibility index (Phi) is 7.43. The lowest BCUT2D eigenvalue weighted by Gasteiger charge is -2.40. The monoisotopic (exact) mass is 690 g/mol. The van der Waals surface area contributed by atoms with Crippen molar-refractivity contribution in [2.75, 3.05) is 31.3 Å². The van der Waals surface area contributed by atoms with E-state index in [1.54, 1.807) is 0 Å². The van der Waals surface area contributed by atoms with Gasteiger partial charge in [-0.3, -0.25) is 27.2 Å². The first-order valence-corrected chi connectivity index (χ1v) is 18.1. The van der Waals surface area contributed by atoms with E-state index in [2.05, 4.69) is 54.4 Å². The summed E-state index contributed by atoms with van der Waals surface area (Å²) in [5, 5.41) is 23.3. The molecule has 0 saturated carbocycles. The van der Waals surface area contributed by atoms with Crippen molar-refractivity contribution in [2.24, 2.45) is 0 Å². The zero-order valence-electron chi connectivity index (χ0n) is 22.1. The Labute approximate surface area is 256 Å². The summed E-state index contributed by atoms with van der Waals surface area (Å²) in [5.41, 5.74) is 10.4. The molecule has 3 aliphatic rings. The number of rotatable bonds is 2. The number of thiol groups is 2. The summed E-state index contributed by atoms with van der Waals surface area (Å²) in [6.07, 6.45) is -3.57. The van der Waals surface area contributed by atoms with E-state index >= 15 is 0 Å².